The van der Waals surface area contributed by atoms with Gasteiger partial charge in [-0.15, -0.1) is 0 Å². The molecule has 0 heterocycles. The van der Waals surface area contributed by atoms with Crippen molar-refractivity contribution in [2.24, 2.45) is 4.99 Å². The molecule has 0 saturated carbocycles. The molecule has 2 nitrogen and oxygen atoms in total. The Hall–Kier alpha value is -3.20. The van der Waals surface area contributed by atoms with Gasteiger partial charge in [0.15, 0.2) is 0 Å². The van der Waals surface area contributed by atoms with Gasteiger partial charge in [-0.1, -0.05) is 54.6 Å². The molecule has 3 aromatic carbocycles. The summed E-state index contributed by atoms with van der Waals surface area (Å²) < 4.78 is 14.6. The van der Waals surface area contributed by atoms with Crippen molar-refractivity contribution in [3.05, 3.63) is 89.8 Å². The van der Waals surface area contributed by atoms with E-state index in [1.807, 2.05) is 69.3 Å². The molecular formula is C24H23FN2. The van der Waals surface area contributed by atoms with Crippen LogP contribution >= 0.6 is 0 Å². The van der Waals surface area contributed by atoms with Crippen molar-refractivity contribution in [3.8, 4) is 11.1 Å². The monoisotopic (exact) mass is 358 g/mol. The van der Waals surface area contributed by atoms with Crippen LogP contribution in [0.4, 0.5) is 15.8 Å². The SMILES string of the molecule is C=Cc1ccc(N=C(C)Nc2ccc(-c3ccc(C)cc3)cc2F)c(C)c1. The molecule has 0 radical (unpaired) electrons. The van der Waals surface area contributed by atoms with E-state index in [2.05, 4.69) is 16.9 Å². The minimum absolute atomic E-state index is 0.304. The Balaban J connectivity index is 1.81. The zero-order chi connectivity index (χ0) is 19.4. The minimum Gasteiger partial charge on any atom is -0.342 e. The molecule has 0 aliphatic heterocycles. The first-order chi connectivity index (χ1) is 13.0. The lowest BCUT2D eigenvalue weighted by atomic mass is 10.0. The molecule has 136 valence electrons. The lowest BCUT2D eigenvalue weighted by Gasteiger charge is -2.10. The number of benzene rings is 3. The molecule has 0 amide bonds. The predicted molar refractivity (Wildman–Crippen MR) is 114 cm³/mol. The van der Waals surface area contributed by atoms with Crippen LogP contribution in [0.2, 0.25) is 0 Å². The molecule has 0 aliphatic carbocycles. The summed E-state index contributed by atoms with van der Waals surface area (Å²) in [6, 6.07) is 19.2. The zero-order valence-corrected chi connectivity index (χ0v) is 15.9. The number of nitrogens with zero attached hydrogens (tertiary/aromatic N) is 1. The Morgan fingerprint density at radius 2 is 1.67 bits per heavy atom. The molecule has 1 N–H and O–H groups in total. The molecule has 0 aliphatic rings. The van der Waals surface area contributed by atoms with Crippen LogP contribution in [0, 0.1) is 19.7 Å². The van der Waals surface area contributed by atoms with Crippen LogP contribution in [0.5, 0.6) is 0 Å². The summed E-state index contributed by atoms with van der Waals surface area (Å²) in [7, 11) is 0. The third-order valence-corrected chi connectivity index (χ3v) is 4.41. The van der Waals surface area contributed by atoms with E-state index in [0.717, 1.165) is 27.9 Å². The summed E-state index contributed by atoms with van der Waals surface area (Å²) in [4.78, 5) is 4.57. The second kappa shape index (κ2) is 8.00. The van der Waals surface area contributed by atoms with Gasteiger partial charge in [0.25, 0.3) is 0 Å². The van der Waals surface area contributed by atoms with E-state index in [4.69, 9.17) is 0 Å². The van der Waals surface area contributed by atoms with Gasteiger partial charge < -0.3 is 5.32 Å². The van der Waals surface area contributed by atoms with Crippen molar-refractivity contribution >= 4 is 23.3 Å². The van der Waals surface area contributed by atoms with Crippen LogP contribution in [0.1, 0.15) is 23.6 Å². The third-order valence-electron chi connectivity index (χ3n) is 4.41. The average molecular weight is 358 g/mol. The highest BCUT2D eigenvalue weighted by molar-refractivity contribution is 5.95. The Morgan fingerprint density at radius 3 is 2.30 bits per heavy atom. The maximum atomic E-state index is 14.6. The second-order valence-corrected chi connectivity index (χ2v) is 6.63. The van der Waals surface area contributed by atoms with Gasteiger partial charge in [-0.25, -0.2) is 9.38 Å². The Bertz CT molecular complexity index is 1000. The van der Waals surface area contributed by atoms with Crippen LogP contribution in [-0.4, -0.2) is 5.84 Å². The summed E-state index contributed by atoms with van der Waals surface area (Å²) in [5, 5.41) is 3.06. The highest BCUT2D eigenvalue weighted by atomic mass is 19.1. The number of aliphatic imine (C=N–C) groups is 1. The van der Waals surface area contributed by atoms with Crippen molar-refractivity contribution in [3.63, 3.8) is 0 Å². The number of hydrogen-bond acceptors (Lipinski definition) is 1. The molecule has 0 bridgehead atoms. The van der Waals surface area contributed by atoms with E-state index in [1.54, 1.807) is 18.2 Å². The summed E-state index contributed by atoms with van der Waals surface area (Å²) in [6.45, 7) is 9.63. The molecule has 3 aromatic rings. The number of anilines is 1. The molecule has 27 heavy (non-hydrogen) atoms. The molecule has 0 fully saturated rings. The first-order valence-electron chi connectivity index (χ1n) is 8.88. The average Bonchev–Trinajstić information content (AvgIpc) is 2.65. The van der Waals surface area contributed by atoms with Crippen LogP contribution in [0.15, 0.2) is 72.2 Å². The van der Waals surface area contributed by atoms with Crippen molar-refractivity contribution in [2.75, 3.05) is 5.32 Å². The van der Waals surface area contributed by atoms with Crippen molar-refractivity contribution < 1.29 is 4.39 Å². The van der Waals surface area contributed by atoms with Gasteiger partial charge in [0.1, 0.15) is 11.7 Å². The lowest BCUT2D eigenvalue weighted by Crippen LogP contribution is -2.08. The highest BCUT2D eigenvalue weighted by Gasteiger charge is 2.07. The Morgan fingerprint density at radius 1 is 0.963 bits per heavy atom. The van der Waals surface area contributed by atoms with Crippen molar-refractivity contribution in [2.45, 2.75) is 20.8 Å². The smallest absolute Gasteiger partial charge is 0.147 e. The van der Waals surface area contributed by atoms with Crippen molar-refractivity contribution in [1.29, 1.82) is 0 Å². The number of halogens is 1. The molecule has 0 aromatic heterocycles. The Kier molecular flexibility index (Phi) is 5.51. The number of hydrogen-bond donors (Lipinski definition) is 1. The second-order valence-electron chi connectivity index (χ2n) is 6.63. The molecule has 0 atom stereocenters. The van der Waals surface area contributed by atoms with Crippen LogP contribution < -0.4 is 5.32 Å². The lowest BCUT2D eigenvalue weighted by molar-refractivity contribution is 0.632. The van der Waals surface area contributed by atoms with Gasteiger partial charge in [0.05, 0.1) is 11.4 Å². The number of rotatable bonds is 4. The van der Waals surface area contributed by atoms with Gasteiger partial charge in [-0.3, -0.25) is 0 Å². The van der Waals surface area contributed by atoms with Gasteiger partial charge in [0.2, 0.25) is 0 Å². The molecule has 3 rings (SSSR count). The molecule has 0 saturated heterocycles. The minimum atomic E-state index is -0.304. The quantitative estimate of drug-likeness (QED) is 0.397. The normalized spacial score (nSPS) is 11.3. The number of amidine groups is 1. The number of aryl methyl sites for hydroxylation is 2. The van der Waals surface area contributed by atoms with Gasteiger partial charge in [-0.2, -0.15) is 0 Å². The zero-order valence-electron chi connectivity index (χ0n) is 15.9. The van der Waals surface area contributed by atoms with E-state index in [-0.39, 0.29) is 5.82 Å². The maximum Gasteiger partial charge on any atom is 0.147 e. The predicted octanol–water partition coefficient (Wildman–Crippen LogP) is 6.91. The van der Waals surface area contributed by atoms with E-state index in [1.165, 1.54) is 5.56 Å². The standard InChI is InChI=1S/C24H23FN2/c1-5-19-8-12-23(17(3)14-19)26-18(4)27-24-13-11-21(15-22(24)25)20-9-6-16(2)7-10-20/h5-15H,1H2,2-4H3,(H,26,27). The van der Waals surface area contributed by atoms with E-state index in [0.29, 0.717) is 11.5 Å². The van der Waals surface area contributed by atoms with Gasteiger partial charge in [-0.05, 0) is 67.3 Å². The first-order valence-corrected chi connectivity index (χ1v) is 8.88. The Labute approximate surface area is 160 Å². The fourth-order valence-electron chi connectivity index (χ4n) is 2.88. The summed E-state index contributed by atoms with van der Waals surface area (Å²) in [5.74, 6) is 0.327. The van der Waals surface area contributed by atoms with Gasteiger partial charge >= 0.3 is 0 Å². The summed E-state index contributed by atoms with van der Waals surface area (Å²) >= 11 is 0. The first kappa shape index (κ1) is 18.6. The van der Waals surface area contributed by atoms with Crippen LogP contribution in [0.3, 0.4) is 0 Å². The third kappa shape index (κ3) is 4.50. The fourth-order valence-corrected chi connectivity index (χ4v) is 2.88. The number of nitrogens with one attached hydrogen (secondary N) is 1. The topological polar surface area (TPSA) is 24.4 Å². The highest BCUT2D eigenvalue weighted by Crippen LogP contribution is 2.25. The van der Waals surface area contributed by atoms with Gasteiger partial charge in [0, 0.05) is 0 Å². The van der Waals surface area contributed by atoms with Crippen LogP contribution in [0.25, 0.3) is 17.2 Å². The summed E-state index contributed by atoms with van der Waals surface area (Å²) in [5.41, 5.74) is 6.38. The van der Waals surface area contributed by atoms with Crippen molar-refractivity contribution in [1.82, 2.24) is 0 Å². The molecule has 3 heteroatoms. The van der Waals surface area contributed by atoms with E-state index in [9.17, 15) is 4.39 Å². The molecule has 0 spiro atoms. The van der Waals surface area contributed by atoms with E-state index < -0.39 is 0 Å². The molecular weight excluding hydrogens is 335 g/mol. The molecule has 0 unspecified atom stereocenters. The fraction of sp³-hybridized carbons (Fsp3) is 0.125. The summed E-state index contributed by atoms with van der Waals surface area (Å²) in [6.07, 6.45) is 1.80. The largest absolute Gasteiger partial charge is 0.342 e. The van der Waals surface area contributed by atoms with E-state index >= 15 is 0 Å². The maximum absolute atomic E-state index is 14.6. The van der Waals surface area contributed by atoms with Crippen LogP contribution in [-0.2, 0) is 0 Å².